The number of carbonyl (C=O) groups excluding carboxylic acids is 3. The molecule has 0 aromatic rings. The van der Waals surface area contributed by atoms with E-state index < -0.39 is 33.4 Å². The van der Waals surface area contributed by atoms with E-state index in [1.807, 2.05) is 0 Å². The minimum atomic E-state index is -3.64. The fourth-order valence-corrected chi connectivity index (χ4v) is 2.17. The van der Waals surface area contributed by atoms with Crippen LogP contribution in [0.4, 0.5) is 0 Å². The number of carbonyl (C=O) groups is 3. The first kappa shape index (κ1) is 22.3. The number of ether oxygens (including phenoxy) is 3. The molecule has 0 aliphatic heterocycles. The highest BCUT2D eigenvalue weighted by molar-refractivity contribution is 7.85. The lowest BCUT2D eigenvalue weighted by atomic mass is 9.83. The molecule has 0 saturated carbocycles. The molecular formula is C14H24O9S. The second-order valence-electron chi connectivity index (χ2n) is 5.43. The Bertz CT molecular complexity index is 520. The van der Waals surface area contributed by atoms with E-state index in [4.69, 9.17) is 18.4 Å². The summed E-state index contributed by atoms with van der Waals surface area (Å²) in [6.07, 6.45) is 1.22. The Hall–Kier alpha value is -1.68. The maximum absolute atomic E-state index is 11.1. The molecule has 0 fully saturated rings. The lowest BCUT2D eigenvalue weighted by Gasteiger charge is -2.32. The Labute approximate surface area is 141 Å². The quantitative estimate of drug-likeness (QED) is 0.290. The van der Waals surface area contributed by atoms with Crippen LogP contribution < -0.4 is 0 Å². The van der Waals surface area contributed by atoms with Gasteiger partial charge in [0.05, 0.1) is 19.5 Å². The molecule has 0 heterocycles. The molecule has 0 aromatic carbocycles. The summed E-state index contributed by atoms with van der Waals surface area (Å²) in [7, 11) is -3.64. The molecule has 0 aliphatic rings. The predicted molar refractivity (Wildman–Crippen MR) is 82.4 cm³/mol. The van der Waals surface area contributed by atoms with Crippen molar-refractivity contribution in [1.29, 1.82) is 0 Å². The summed E-state index contributed by atoms with van der Waals surface area (Å²) in [5.41, 5.74) is -0.933. The molecule has 0 unspecified atom stereocenters. The summed E-state index contributed by atoms with van der Waals surface area (Å²) in [4.78, 5) is 33.1. The van der Waals surface area contributed by atoms with Crippen LogP contribution in [0.5, 0.6) is 0 Å². The molecule has 0 radical (unpaired) electrons. The minimum absolute atomic E-state index is 0.00324. The molecule has 24 heavy (non-hydrogen) atoms. The molecule has 0 aromatic heterocycles. The first-order valence-corrected chi connectivity index (χ1v) is 9.02. The van der Waals surface area contributed by atoms with Crippen molar-refractivity contribution in [2.75, 3.05) is 32.7 Å². The SMILES string of the molecule is CC(=O)OCCC(CCOS(C)(=O)=O)(COC(C)=O)COC(C)=O. The molecule has 0 saturated heterocycles. The van der Waals surface area contributed by atoms with Gasteiger partial charge in [-0.1, -0.05) is 0 Å². The zero-order valence-corrected chi connectivity index (χ0v) is 15.1. The number of hydrogen-bond acceptors (Lipinski definition) is 9. The van der Waals surface area contributed by atoms with Crippen LogP contribution in [-0.2, 0) is 42.9 Å². The average molecular weight is 368 g/mol. The second kappa shape index (κ2) is 10.2. The van der Waals surface area contributed by atoms with Gasteiger partial charge in [-0.15, -0.1) is 0 Å². The first-order valence-electron chi connectivity index (χ1n) is 7.20. The van der Waals surface area contributed by atoms with Gasteiger partial charge >= 0.3 is 17.9 Å². The molecule has 140 valence electrons. The fraction of sp³-hybridized carbons (Fsp3) is 0.786. The summed E-state index contributed by atoms with van der Waals surface area (Å²) >= 11 is 0. The van der Waals surface area contributed by atoms with E-state index >= 15 is 0 Å². The van der Waals surface area contributed by atoms with E-state index in [0.717, 1.165) is 6.26 Å². The fourth-order valence-electron chi connectivity index (χ4n) is 1.79. The van der Waals surface area contributed by atoms with E-state index in [0.29, 0.717) is 0 Å². The number of rotatable bonds is 11. The summed E-state index contributed by atoms with van der Waals surface area (Å²) in [5, 5.41) is 0. The van der Waals surface area contributed by atoms with Crippen molar-refractivity contribution in [2.45, 2.75) is 33.6 Å². The second-order valence-corrected chi connectivity index (χ2v) is 7.07. The van der Waals surface area contributed by atoms with Crippen LogP contribution in [0.25, 0.3) is 0 Å². The van der Waals surface area contributed by atoms with Gasteiger partial charge in [-0.25, -0.2) is 0 Å². The normalized spacial score (nSPS) is 11.7. The summed E-state index contributed by atoms with van der Waals surface area (Å²) in [6.45, 7) is 3.21. The van der Waals surface area contributed by atoms with Crippen LogP contribution in [0.1, 0.15) is 33.6 Å². The first-order chi connectivity index (χ1) is 11.0. The molecule has 0 rings (SSSR count). The molecule has 0 atom stereocenters. The largest absolute Gasteiger partial charge is 0.466 e. The molecule has 0 bridgehead atoms. The van der Waals surface area contributed by atoms with Crippen molar-refractivity contribution in [1.82, 2.24) is 0 Å². The highest BCUT2D eigenvalue weighted by Crippen LogP contribution is 2.29. The zero-order valence-electron chi connectivity index (χ0n) is 14.3. The summed E-state index contributed by atoms with van der Waals surface area (Å²) in [5.74, 6) is -1.58. The van der Waals surface area contributed by atoms with Crippen LogP contribution >= 0.6 is 0 Å². The van der Waals surface area contributed by atoms with Crippen molar-refractivity contribution in [3.63, 3.8) is 0 Å². The highest BCUT2D eigenvalue weighted by atomic mass is 32.2. The summed E-state index contributed by atoms with van der Waals surface area (Å²) < 4.78 is 41.8. The third-order valence-electron chi connectivity index (χ3n) is 3.03. The van der Waals surface area contributed by atoms with Gasteiger partial charge in [0.1, 0.15) is 13.2 Å². The van der Waals surface area contributed by atoms with Gasteiger partial charge in [0, 0.05) is 26.2 Å². The van der Waals surface area contributed by atoms with Crippen molar-refractivity contribution < 1.29 is 41.2 Å². The van der Waals surface area contributed by atoms with Crippen LogP contribution in [0.3, 0.4) is 0 Å². The topological polar surface area (TPSA) is 122 Å². The van der Waals surface area contributed by atoms with Crippen LogP contribution in [0.15, 0.2) is 0 Å². The molecule has 0 spiro atoms. The van der Waals surface area contributed by atoms with Crippen LogP contribution in [0, 0.1) is 5.41 Å². The van der Waals surface area contributed by atoms with Crippen molar-refractivity contribution >= 4 is 28.0 Å². The van der Waals surface area contributed by atoms with Gasteiger partial charge < -0.3 is 14.2 Å². The van der Waals surface area contributed by atoms with Crippen molar-refractivity contribution in [3.05, 3.63) is 0 Å². The molecule has 9 nitrogen and oxygen atoms in total. The Morgan fingerprint density at radius 3 is 1.58 bits per heavy atom. The standard InChI is InChI=1S/C14H24O9S/c1-11(15)20-7-5-14(9-21-12(2)16,10-22-13(3)17)6-8-23-24(4,18)19/h5-10H2,1-4H3. The van der Waals surface area contributed by atoms with E-state index in [-0.39, 0.29) is 39.3 Å². The Morgan fingerprint density at radius 2 is 1.21 bits per heavy atom. The van der Waals surface area contributed by atoms with Gasteiger partial charge in [-0.2, -0.15) is 8.42 Å². The maximum Gasteiger partial charge on any atom is 0.302 e. The molecule has 0 amide bonds. The van der Waals surface area contributed by atoms with Crippen molar-refractivity contribution in [3.8, 4) is 0 Å². The average Bonchev–Trinajstić information content (AvgIpc) is 2.40. The molecule has 10 heteroatoms. The van der Waals surface area contributed by atoms with Crippen LogP contribution in [0.2, 0.25) is 0 Å². The van der Waals surface area contributed by atoms with E-state index in [1.165, 1.54) is 20.8 Å². The summed E-state index contributed by atoms with van der Waals surface area (Å²) in [6, 6.07) is 0. The smallest absolute Gasteiger partial charge is 0.302 e. The number of hydrogen-bond donors (Lipinski definition) is 0. The third kappa shape index (κ3) is 11.8. The number of esters is 3. The van der Waals surface area contributed by atoms with E-state index in [2.05, 4.69) is 0 Å². The van der Waals surface area contributed by atoms with Gasteiger partial charge in [-0.05, 0) is 12.8 Å². The highest BCUT2D eigenvalue weighted by Gasteiger charge is 2.34. The Balaban J connectivity index is 5.08. The Kier molecular flexibility index (Phi) is 9.52. The van der Waals surface area contributed by atoms with Crippen molar-refractivity contribution in [2.24, 2.45) is 5.41 Å². The predicted octanol–water partition coefficient (Wildman–Crippen LogP) is 0.419. The molecular weight excluding hydrogens is 344 g/mol. The van der Waals surface area contributed by atoms with Gasteiger partial charge in [0.25, 0.3) is 10.1 Å². The lowest BCUT2D eigenvalue weighted by molar-refractivity contribution is -0.155. The van der Waals surface area contributed by atoms with E-state index in [9.17, 15) is 22.8 Å². The monoisotopic (exact) mass is 368 g/mol. The lowest BCUT2D eigenvalue weighted by Crippen LogP contribution is -2.37. The van der Waals surface area contributed by atoms with Crippen LogP contribution in [-0.4, -0.2) is 59.0 Å². The van der Waals surface area contributed by atoms with Gasteiger partial charge in [-0.3, -0.25) is 18.6 Å². The Morgan fingerprint density at radius 1 is 0.792 bits per heavy atom. The third-order valence-corrected chi connectivity index (χ3v) is 3.63. The van der Waals surface area contributed by atoms with Gasteiger partial charge in [0.2, 0.25) is 0 Å². The molecule has 0 N–H and O–H groups in total. The van der Waals surface area contributed by atoms with E-state index in [1.54, 1.807) is 0 Å². The minimum Gasteiger partial charge on any atom is -0.466 e. The zero-order chi connectivity index (χ0) is 18.8. The maximum atomic E-state index is 11.1. The molecule has 0 aliphatic carbocycles. The van der Waals surface area contributed by atoms with Gasteiger partial charge in [0.15, 0.2) is 0 Å².